The van der Waals surface area contributed by atoms with E-state index >= 15 is 0 Å². The first-order chi connectivity index (χ1) is 15.9. The molecular weight excluding hydrogens is 448 g/mol. The second-order valence-electron chi connectivity index (χ2n) is 8.03. The van der Waals surface area contributed by atoms with Gasteiger partial charge >= 0.3 is 0 Å². The Hall–Kier alpha value is -3.17. The quantitative estimate of drug-likeness (QED) is 0.279. The van der Waals surface area contributed by atoms with E-state index in [1.165, 1.54) is 34.2 Å². The standard InChI is InChI=1S/C23H25ClN4O5/c1-32-21-9-15-5-8-26(13-16(15)10-22(21)33-2)6-3-4-7-27-14-25-19-12-18(24)20(28(30)31)11-17(19)23(27)29/h9-12,14H,3-8,13H2,1-2H3. The number of hydrogen-bond acceptors (Lipinski definition) is 7. The van der Waals surface area contributed by atoms with E-state index in [4.69, 9.17) is 21.1 Å². The number of benzene rings is 2. The molecule has 2 heterocycles. The van der Waals surface area contributed by atoms with Crippen LogP contribution in [0, 0.1) is 10.1 Å². The van der Waals surface area contributed by atoms with Gasteiger partial charge in [-0.05, 0) is 55.1 Å². The molecule has 1 aromatic heterocycles. The fourth-order valence-corrected chi connectivity index (χ4v) is 4.44. The topological polar surface area (TPSA) is 99.7 Å². The summed E-state index contributed by atoms with van der Waals surface area (Å²) in [5.41, 5.74) is 2.29. The van der Waals surface area contributed by atoms with E-state index in [9.17, 15) is 14.9 Å². The summed E-state index contributed by atoms with van der Waals surface area (Å²) in [5.74, 6) is 1.49. The van der Waals surface area contributed by atoms with Gasteiger partial charge in [0.25, 0.3) is 11.2 Å². The fourth-order valence-electron chi connectivity index (χ4n) is 4.22. The zero-order valence-corrected chi connectivity index (χ0v) is 19.3. The van der Waals surface area contributed by atoms with Crippen LogP contribution < -0.4 is 15.0 Å². The summed E-state index contributed by atoms with van der Waals surface area (Å²) in [5, 5.41) is 11.3. The third kappa shape index (κ3) is 4.79. The summed E-state index contributed by atoms with van der Waals surface area (Å²) >= 11 is 5.92. The molecule has 0 saturated carbocycles. The maximum Gasteiger partial charge on any atom is 0.288 e. The molecule has 0 fully saturated rings. The lowest BCUT2D eigenvalue weighted by atomic mass is 9.98. The lowest BCUT2D eigenvalue weighted by Gasteiger charge is -2.29. The van der Waals surface area contributed by atoms with Crippen molar-refractivity contribution in [3.05, 3.63) is 67.2 Å². The molecule has 2 aromatic carbocycles. The Morgan fingerprint density at radius 1 is 1.09 bits per heavy atom. The molecule has 1 aliphatic rings. The first-order valence-corrected chi connectivity index (χ1v) is 11.1. The predicted octanol–water partition coefficient (Wildman–Crippen LogP) is 3.81. The van der Waals surface area contributed by atoms with Gasteiger partial charge < -0.3 is 9.47 Å². The van der Waals surface area contributed by atoms with Crippen molar-refractivity contribution in [2.24, 2.45) is 0 Å². The van der Waals surface area contributed by atoms with Gasteiger partial charge in [0.1, 0.15) is 5.02 Å². The van der Waals surface area contributed by atoms with Crippen LogP contribution in [-0.2, 0) is 19.5 Å². The number of unbranched alkanes of at least 4 members (excludes halogenated alkanes) is 1. The predicted molar refractivity (Wildman–Crippen MR) is 125 cm³/mol. The second-order valence-corrected chi connectivity index (χ2v) is 8.44. The summed E-state index contributed by atoms with van der Waals surface area (Å²) in [4.78, 5) is 30.0. The normalized spacial score (nSPS) is 13.7. The molecule has 0 unspecified atom stereocenters. The van der Waals surface area contributed by atoms with Gasteiger partial charge in [0, 0.05) is 25.7 Å². The largest absolute Gasteiger partial charge is 0.493 e. The van der Waals surface area contributed by atoms with Crippen molar-refractivity contribution in [1.82, 2.24) is 14.5 Å². The van der Waals surface area contributed by atoms with Crippen LogP contribution in [0.5, 0.6) is 11.5 Å². The van der Waals surface area contributed by atoms with Crippen molar-refractivity contribution in [1.29, 1.82) is 0 Å². The van der Waals surface area contributed by atoms with Crippen molar-refractivity contribution < 1.29 is 14.4 Å². The molecule has 0 aliphatic carbocycles. The Morgan fingerprint density at radius 3 is 2.48 bits per heavy atom. The lowest BCUT2D eigenvalue weighted by Crippen LogP contribution is -2.31. The van der Waals surface area contributed by atoms with Crippen molar-refractivity contribution in [3.63, 3.8) is 0 Å². The van der Waals surface area contributed by atoms with E-state index in [1.807, 2.05) is 6.07 Å². The van der Waals surface area contributed by atoms with Crippen LogP contribution in [0.3, 0.4) is 0 Å². The van der Waals surface area contributed by atoms with Gasteiger partial charge in [-0.1, -0.05) is 11.6 Å². The Morgan fingerprint density at radius 2 is 1.79 bits per heavy atom. The molecule has 4 rings (SSSR count). The smallest absolute Gasteiger partial charge is 0.288 e. The fraction of sp³-hybridized carbons (Fsp3) is 0.391. The molecule has 174 valence electrons. The number of nitro groups is 1. The van der Waals surface area contributed by atoms with E-state index in [0.29, 0.717) is 12.1 Å². The van der Waals surface area contributed by atoms with E-state index in [-0.39, 0.29) is 21.7 Å². The van der Waals surface area contributed by atoms with Gasteiger partial charge in [0.05, 0.1) is 36.4 Å². The van der Waals surface area contributed by atoms with Crippen LogP contribution in [0.1, 0.15) is 24.0 Å². The van der Waals surface area contributed by atoms with E-state index < -0.39 is 4.92 Å². The number of rotatable bonds is 8. The van der Waals surface area contributed by atoms with Crippen molar-refractivity contribution in [2.75, 3.05) is 27.3 Å². The summed E-state index contributed by atoms with van der Waals surface area (Å²) in [7, 11) is 3.29. The number of aryl methyl sites for hydroxylation is 1. The Bertz CT molecular complexity index is 1260. The highest BCUT2D eigenvalue weighted by Gasteiger charge is 2.19. The van der Waals surface area contributed by atoms with Crippen LogP contribution in [0.2, 0.25) is 5.02 Å². The molecule has 3 aromatic rings. The third-order valence-electron chi connectivity index (χ3n) is 6.01. The minimum atomic E-state index is -0.596. The highest BCUT2D eigenvalue weighted by atomic mass is 35.5. The average molecular weight is 473 g/mol. The summed E-state index contributed by atoms with van der Waals surface area (Å²) in [6, 6.07) is 6.67. The van der Waals surface area contributed by atoms with Gasteiger partial charge in [-0.15, -0.1) is 0 Å². The second kappa shape index (κ2) is 9.76. The highest BCUT2D eigenvalue weighted by molar-refractivity contribution is 6.33. The van der Waals surface area contributed by atoms with Gasteiger partial charge in [-0.2, -0.15) is 0 Å². The molecule has 9 nitrogen and oxygen atoms in total. The van der Waals surface area contributed by atoms with E-state index in [1.54, 1.807) is 14.2 Å². The van der Waals surface area contributed by atoms with E-state index in [0.717, 1.165) is 50.4 Å². The Labute approximate surface area is 195 Å². The van der Waals surface area contributed by atoms with Gasteiger partial charge in [0.2, 0.25) is 0 Å². The van der Waals surface area contributed by atoms with Crippen LogP contribution in [0.4, 0.5) is 5.69 Å². The zero-order valence-electron chi connectivity index (χ0n) is 18.5. The number of halogens is 1. The SMILES string of the molecule is COc1cc2c(cc1OC)CN(CCCCn1cnc3cc(Cl)c([N+](=O)[O-])cc3c1=O)CC2. The maximum absolute atomic E-state index is 12.8. The van der Waals surface area contributed by atoms with Crippen molar-refractivity contribution in [3.8, 4) is 11.5 Å². The first-order valence-electron chi connectivity index (χ1n) is 10.7. The lowest BCUT2D eigenvalue weighted by molar-refractivity contribution is -0.384. The molecule has 33 heavy (non-hydrogen) atoms. The zero-order chi connectivity index (χ0) is 23.5. The van der Waals surface area contributed by atoms with Gasteiger partial charge in [-0.25, -0.2) is 4.98 Å². The van der Waals surface area contributed by atoms with Crippen molar-refractivity contribution >= 4 is 28.2 Å². The number of aromatic nitrogens is 2. The molecule has 0 atom stereocenters. The summed E-state index contributed by atoms with van der Waals surface area (Å²) in [6.07, 6.45) is 4.13. The molecule has 10 heteroatoms. The molecule has 0 N–H and O–H groups in total. The monoisotopic (exact) mass is 472 g/mol. The number of fused-ring (bicyclic) bond motifs is 2. The number of nitrogens with zero attached hydrogens (tertiary/aromatic N) is 4. The number of ether oxygens (including phenoxy) is 2. The molecule has 0 spiro atoms. The van der Waals surface area contributed by atoms with E-state index in [2.05, 4.69) is 16.0 Å². The summed E-state index contributed by atoms with van der Waals surface area (Å²) in [6.45, 7) is 3.21. The minimum Gasteiger partial charge on any atom is -0.493 e. The number of methoxy groups -OCH3 is 2. The van der Waals surface area contributed by atoms with Crippen LogP contribution >= 0.6 is 11.6 Å². The molecule has 0 amide bonds. The number of nitro benzene ring substituents is 1. The maximum atomic E-state index is 12.8. The first kappa shape index (κ1) is 23.0. The molecule has 1 aliphatic heterocycles. The third-order valence-corrected chi connectivity index (χ3v) is 6.31. The molecule has 0 bridgehead atoms. The van der Waals surface area contributed by atoms with Crippen molar-refractivity contribution in [2.45, 2.75) is 32.4 Å². The Balaban J connectivity index is 1.37. The highest BCUT2D eigenvalue weighted by Crippen LogP contribution is 2.33. The minimum absolute atomic E-state index is 0.0312. The van der Waals surface area contributed by atoms with Gasteiger partial charge in [0.15, 0.2) is 11.5 Å². The van der Waals surface area contributed by atoms with Crippen LogP contribution in [-0.4, -0.2) is 46.7 Å². The molecule has 0 saturated heterocycles. The van der Waals surface area contributed by atoms with Gasteiger partial charge in [-0.3, -0.25) is 24.4 Å². The summed E-state index contributed by atoms with van der Waals surface area (Å²) < 4.78 is 12.3. The number of hydrogen-bond donors (Lipinski definition) is 0. The van der Waals surface area contributed by atoms with Crippen LogP contribution in [0.15, 0.2) is 35.4 Å². The molecular formula is C23H25ClN4O5. The van der Waals surface area contributed by atoms with Crippen LogP contribution in [0.25, 0.3) is 10.9 Å². The Kier molecular flexibility index (Phi) is 6.80. The molecule has 0 radical (unpaired) electrons. The average Bonchev–Trinajstić information content (AvgIpc) is 2.81.